The number of hydrogen-bond donors (Lipinski definition) is 1. The van der Waals surface area contributed by atoms with Crippen LogP contribution in [0.4, 0.5) is 8.78 Å². The Bertz CT molecular complexity index is 371. The van der Waals surface area contributed by atoms with Crippen molar-refractivity contribution in [3.8, 4) is 0 Å². The van der Waals surface area contributed by atoms with E-state index >= 15 is 0 Å². The van der Waals surface area contributed by atoms with Gasteiger partial charge in [0, 0.05) is 18.2 Å². The minimum absolute atomic E-state index is 0.00448. The lowest BCUT2D eigenvalue weighted by atomic mass is 9.99. The Morgan fingerprint density at radius 3 is 2.67 bits per heavy atom. The first kappa shape index (κ1) is 13.4. The van der Waals surface area contributed by atoms with Crippen molar-refractivity contribution in [2.24, 2.45) is 5.73 Å². The second-order valence-corrected chi connectivity index (χ2v) is 4.81. The van der Waals surface area contributed by atoms with Gasteiger partial charge in [0.1, 0.15) is 11.6 Å². The van der Waals surface area contributed by atoms with Crippen LogP contribution in [-0.2, 0) is 4.74 Å². The van der Waals surface area contributed by atoms with Crippen molar-refractivity contribution in [2.45, 2.75) is 44.2 Å². The highest BCUT2D eigenvalue weighted by Crippen LogP contribution is 2.25. The molecule has 2 rings (SSSR count). The Morgan fingerprint density at radius 2 is 2.06 bits per heavy atom. The molecule has 1 aromatic rings. The van der Waals surface area contributed by atoms with Crippen LogP contribution in [0.15, 0.2) is 18.2 Å². The molecule has 2 nitrogen and oxygen atoms in total. The molecule has 0 aliphatic carbocycles. The number of nitrogens with two attached hydrogens (primary N) is 1. The van der Waals surface area contributed by atoms with Crippen LogP contribution in [0.3, 0.4) is 0 Å². The van der Waals surface area contributed by atoms with Crippen LogP contribution in [0.2, 0.25) is 0 Å². The fourth-order valence-electron chi connectivity index (χ4n) is 2.45. The Morgan fingerprint density at radius 1 is 1.33 bits per heavy atom. The van der Waals surface area contributed by atoms with Gasteiger partial charge in [-0.3, -0.25) is 0 Å². The molecule has 2 N–H and O–H groups in total. The molecule has 1 fully saturated rings. The summed E-state index contributed by atoms with van der Waals surface area (Å²) >= 11 is 0. The van der Waals surface area contributed by atoms with E-state index in [0.717, 1.165) is 32.3 Å². The van der Waals surface area contributed by atoms with E-state index in [2.05, 4.69) is 0 Å². The summed E-state index contributed by atoms with van der Waals surface area (Å²) in [5, 5.41) is 0. The van der Waals surface area contributed by atoms with Crippen LogP contribution in [-0.4, -0.2) is 12.7 Å². The summed E-state index contributed by atoms with van der Waals surface area (Å²) in [7, 11) is 0. The average Bonchev–Trinajstić information content (AvgIpc) is 2.82. The van der Waals surface area contributed by atoms with Crippen molar-refractivity contribution in [3.63, 3.8) is 0 Å². The van der Waals surface area contributed by atoms with E-state index in [1.807, 2.05) is 0 Å². The van der Waals surface area contributed by atoms with Crippen LogP contribution in [0.25, 0.3) is 0 Å². The first-order valence-electron chi connectivity index (χ1n) is 6.49. The maximum atomic E-state index is 13.5. The van der Waals surface area contributed by atoms with Crippen LogP contribution >= 0.6 is 0 Å². The Hall–Kier alpha value is -1.00. The van der Waals surface area contributed by atoms with Crippen LogP contribution in [0.1, 0.15) is 43.7 Å². The predicted molar refractivity (Wildman–Crippen MR) is 66.1 cm³/mol. The van der Waals surface area contributed by atoms with E-state index < -0.39 is 17.7 Å². The molecule has 0 bridgehead atoms. The minimum Gasteiger partial charge on any atom is -0.378 e. The summed E-state index contributed by atoms with van der Waals surface area (Å²) in [6, 6.07) is 3.27. The van der Waals surface area contributed by atoms with E-state index in [9.17, 15) is 8.78 Å². The third kappa shape index (κ3) is 3.27. The standard InChI is InChI=1S/C14H19F2NO/c15-11-6-2-7-12(16)14(11)13(17)8-1-4-10-5-3-9-18-10/h2,6-7,10,13H,1,3-5,8-9,17H2. The first-order chi connectivity index (χ1) is 8.68. The van der Waals surface area contributed by atoms with Crippen molar-refractivity contribution in [2.75, 3.05) is 6.61 Å². The molecular weight excluding hydrogens is 236 g/mol. The highest BCUT2D eigenvalue weighted by atomic mass is 19.1. The number of rotatable bonds is 5. The summed E-state index contributed by atoms with van der Waals surface area (Å²) in [6.45, 7) is 0.832. The molecule has 1 saturated heterocycles. The molecule has 0 radical (unpaired) electrons. The monoisotopic (exact) mass is 255 g/mol. The number of ether oxygens (including phenoxy) is 1. The highest BCUT2D eigenvalue weighted by Gasteiger charge is 2.18. The molecular formula is C14H19F2NO. The van der Waals surface area contributed by atoms with Crippen LogP contribution in [0.5, 0.6) is 0 Å². The van der Waals surface area contributed by atoms with Gasteiger partial charge in [-0.05, 0) is 44.2 Å². The number of benzene rings is 1. The van der Waals surface area contributed by atoms with Gasteiger partial charge in [0.15, 0.2) is 0 Å². The molecule has 1 aliphatic heterocycles. The Balaban J connectivity index is 1.85. The highest BCUT2D eigenvalue weighted by molar-refractivity contribution is 5.22. The molecule has 0 saturated carbocycles. The van der Waals surface area contributed by atoms with Crippen LogP contribution in [0, 0.1) is 11.6 Å². The van der Waals surface area contributed by atoms with E-state index in [1.165, 1.54) is 18.2 Å². The predicted octanol–water partition coefficient (Wildman–Crippen LogP) is 3.31. The van der Waals surface area contributed by atoms with Gasteiger partial charge >= 0.3 is 0 Å². The summed E-state index contributed by atoms with van der Waals surface area (Å²) < 4.78 is 32.5. The quantitative estimate of drug-likeness (QED) is 0.876. The Kier molecular flexibility index (Phi) is 4.66. The van der Waals surface area contributed by atoms with Gasteiger partial charge in [0.05, 0.1) is 6.10 Å². The fourth-order valence-corrected chi connectivity index (χ4v) is 2.45. The molecule has 18 heavy (non-hydrogen) atoms. The smallest absolute Gasteiger partial charge is 0.130 e. The van der Waals surface area contributed by atoms with E-state index in [0.29, 0.717) is 12.5 Å². The summed E-state index contributed by atoms with van der Waals surface area (Å²) in [6.07, 6.45) is 4.84. The maximum Gasteiger partial charge on any atom is 0.130 e. The van der Waals surface area contributed by atoms with Gasteiger partial charge in [-0.1, -0.05) is 6.07 Å². The maximum absolute atomic E-state index is 13.5. The topological polar surface area (TPSA) is 35.2 Å². The lowest BCUT2D eigenvalue weighted by molar-refractivity contribution is 0.101. The third-order valence-electron chi connectivity index (χ3n) is 3.44. The summed E-state index contributed by atoms with van der Waals surface area (Å²) in [5.74, 6) is -1.11. The largest absolute Gasteiger partial charge is 0.378 e. The van der Waals surface area contributed by atoms with Gasteiger partial charge < -0.3 is 10.5 Å². The SMILES string of the molecule is NC(CCCC1CCCO1)c1c(F)cccc1F. The zero-order valence-corrected chi connectivity index (χ0v) is 10.4. The lowest BCUT2D eigenvalue weighted by Crippen LogP contribution is -2.15. The summed E-state index contributed by atoms with van der Waals surface area (Å²) in [5.41, 5.74) is 5.87. The van der Waals surface area contributed by atoms with Gasteiger partial charge in [0.25, 0.3) is 0 Å². The van der Waals surface area contributed by atoms with Gasteiger partial charge in [-0.2, -0.15) is 0 Å². The van der Waals surface area contributed by atoms with Gasteiger partial charge in [-0.15, -0.1) is 0 Å². The van der Waals surface area contributed by atoms with E-state index in [1.54, 1.807) is 0 Å². The number of halogens is 2. The van der Waals surface area contributed by atoms with Crippen molar-refractivity contribution in [1.29, 1.82) is 0 Å². The molecule has 0 amide bonds. The molecule has 2 atom stereocenters. The average molecular weight is 255 g/mol. The fraction of sp³-hybridized carbons (Fsp3) is 0.571. The Labute approximate surface area is 106 Å². The zero-order chi connectivity index (χ0) is 13.0. The molecule has 0 spiro atoms. The second kappa shape index (κ2) is 6.25. The van der Waals surface area contributed by atoms with Gasteiger partial charge in [-0.25, -0.2) is 8.78 Å². The third-order valence-corrected chi connectivity index (χ3v) is 3.44. The van der Waals surface area contributed by atoms with E-state index in [-0.39, 0.29) is 5.56 Å². The van der Waals surface area contributed by atoms with E-state index in [4.69, 9.17) is 10.5 Å². The van der Waals surface area contributed by atoms with Crippen molar-refractivity contribution < 1.29 is 13.5 Å². The molecule has 4 heteroatoms. The van der Waals surface area contributed by atoms with Crippen molar-refractivity contribution in [3.05, 3.63) is 35.4 Å². The molecule has 2 unspecified atom stereocenters. The van der Waals surface area contributed by atoms with Gasteiger partial charge in [0.2, 0.25) is 0 Å². The molecule has 100 valence electrons. The zero-order valence-electron chi connectivity index (χ0n) is 10.4. The minimum atomic E-state index is -0.576. The normalized spacial score (nSPS) is 21.2. The first-order valence-corrected chi connectivity index (χ1v) is 6.49. The molecule has 1 heterocycles. The van der Waals surface area contributed by atoms with Crippen molar-refractivity contribution in [1.82, 2.24) is 0 Å². The molecule has 1 aromatic carbocycles. The van der Waals surface area contributed by atoms with Crippen molar-refractivity contribution >= 4 is 0 Å². The van der Waals surface area contributed by atoms with Crippen LogP contribution < -0.4 is 5.73 Å². The number of hydrogen-bond acceptors (Lipinski definition) is 2. The molecule has 1 aliphatic rings. The lowest BCUT2D eigenvalue weighted by Gasteiger charge is -2.15. The summed E-state index contributed by atoms with van der Waals surface area (Å²) in [4.78, 5) is 0. The second-order valence-electron chi connectivity index (χ2n) is 4.81. The molecule has 0 aromatic heterocycles.